The molecular formula is C25H28N6O. The first-order valence-corrected chi connectivity index (χ1v) is 11.0. The first-order valence-electron chi connectivity index (χ1n) is 11.0. The van der Waals surface area contributed by atoms with Crippen LogP contribution in [0.3, 0.4) is 0 Å². The van der Waals surface area contributed by atoms with Gasteiger partial charge in [0.1, 0.15) is 6.10 Å². The number of hydrogen-bond acceptors (Lipinski definition) is 5. The van der Waals surface area contributed by atoms with Gasteiger partial charge in [0.05, 0.1) is 17.1 Å². The third-order valence-corrected chi connectivity index (χ3v) is 6.18. The summed E-state index contributed by atoms with van der Waals surface area (Å²) in [4.78, 5) is 4.46. The Morgan fingerprint density at radius 2 is 2.00 bits per heavy atom. The largest absolute Gasteiger partial charge is 0.482 e. The van der Waals surface area contributed by atoms with Gasteiger partial charge in [0.15, 0.2) is 11.6 Å². The van der Waals surface area contributed by atoms with Gasteiger partial charge in [0.25, 0.3) is 0 Å². The molecule has 1 aliphatic heterocycles. The van der Waals surface area contributed by atoms with Crippen molar-refractivity contribution in [1.29, 1.82) is 0 Å². The maximum Gasteiger partial charge on any atom is 0.166 e. The lowest BCUT2D eigenvalue weighted by Crippen LogP contribution is -2.10. The number of hydrogen-bond donors (Lipinski definition) is 1. The van der Waals surface area contributed by atoms with Crippen LogP contribution in [0.25, 0.3) is 22.5 Å². The van der Waals surface area contributed by atoms with E-state index in [4.69, 9.17) is 20.7 Å². The van der Waals surface area contributed by atoms with Crippen molar-refractivity contribution in [2.45, 2.75) is 46.8 Å². The number of benzene rings is 1. The van der Waals surface area contributed by atoms with Crippen molar-refractivity contribution in [3.8, 4) is 28.3 Å². The molecule has 1 aliphatic rings. The number of nitrogens with zero attached hydrogens (tertiary/aromatic N) is 5. The first-order chi connectivity index (χ1) is 15.4. The minimum atomic E-state index is -0.226. The Kier molecular flexibility index (Phi) is 4.77. The van der Waals surface area contributed by atoms with Gasteiger partial charge in [-0.2, -0.15) is 10.2 Å². The molecule has 1 aromatic carbocycles. The first kappa shape index (κ1) is 20.3. The molecule has 1 unspecified atom stereocenters. The lowest BCUT2D eigenvalue weighted by Gasteiger charge is -2.21. The maximum atomic E-state index is 6.41. The molecule has 0 spiro atoms. The van der Waals surface area contributed by atoms with Crippen LogP contribution in [0.4, 0.5) is 5.82 Å². The summed E-state index contributed by atoms with van der Waals surface area (Å²) in [6.07, 6.45) is 4.42. The molecule has 32 heavy (non-hydrogen) atoms. The Morgan fingerprint density at radius 3 is 2.78 bits per heavy atom. The van der Waals surface area contributed by atoms with E-state index in [1.807, 2.05) is 35.6 Å². The van der Waals surface area contributed by atoms with E-state index in [-0.39, 0.29) is 6.10 Å². The number of nitrogens with two attached hydrogens (primary N) is 1. The molecule has 7 heteroatoms. The van der Waals surface area contributed by atoms with Crippen molar-refractivity contribution in [2.75, 3.05) is 5.73 Å². The molecule has 2 bridgehead atoms. The number of aromatic nitrogens is 5. The fourth-order valence-electron chi connectivity index (χ4n) is 4.63. The van der Waals surface area contributed by atoms with Crippen molar-refractivity contribution in [2.24, 2.45) is 7.05 Å². The summed E-state index contributed by atoms with van der Waals surface area (Å²) < 4.78 is 10.3. The number of aryl methyl sites for hydroxylation is 4. The summed E-state index contributed by atoms with van der Waals surface area (Å²) in [5, 5.41) is 9.68. The molecule has 0 saturated heterocycles. The minimum Gasteiger partial charge on any atom is -0.482 e. The van der Waals surface area contributed by atoms with Crippen LogP contribution >= 0.6 is 0 Å². The fourth-order valence-corrected chi connectivity index (χ4v) is 4.63. The van der Waals surface area contributed by atoms with Crippen LogP contribution in [-0.2, 0) is 20.0 Å². The Balaban J connectivity index is 1.84. The molecule has 4 aromatic rings. The standard InChI is InChI=1S/C25H28N6O/c1-6-31-24-17-11-22(25(26)27-12-17)32-16(4)21-9-14(2)7-8-19(21)23-18(13-30(5)29-23)10-20(24)15(3)28-31/h7-9,11-13,16H,6,10H2,1-5H3,(H2,26,27). The van der Waals surface area contributed by atoms with E-state index in [0.29, 0.717) is 11.6 Å². The van der Waals surface area contributed by atoms with Gasteiger partial charge in [-0.3, -0.25) is 9.36 Å². The summed E-state index contributed by atoms with van der Waals surface area (Å²) in [5.74, 6) is 0.961. The van der Waals surface area contributed by atoms with Crippen LogP contribution in [0, 0.1) is 13.8 Å². The van der Waals surface area contributed by atoms with Crippen LogP contribution in [0.2, 0.25) is 0 Å². The quantitative estimate of drug-likeness (QED) is 0.479. The highest BCUT2D eigenvalue weighted by Crippen LogP contribution is 2.39. The van der Waals surface area contributed by atoms with Crippen LogP contribution in [-0.4, -0.2) is 24.5 Å². The van der Waals surface area contributed by atoms with Gasteiger partial charge in [0, 0.05) is 60.2 Å². The van der Waals surface area contributed by atoms with Gasteiger partial charge in [-0.1, -0.05) is 23.8 Å². The van der Waals surface area contributed by atoms with Crippen LogP contribution in [0.15, 0.2) is 36.7 Å². The summed E-state index contributed by atoms with van der Waals surface area (Å²) in [5.41, 5.74) is 15.9. The van der Waals surface area contributed by atoms with Gasteiger partial charge in [0.2, 0.25) is 0 Å². The highest BCUT2D eigenvalue weighted by molar-refractivity contribution is 5.72. The van der Waals surface area contributed by atoms with Gasteiger partial charge in [-0.25, -0.2) is 4.98 Å². The van der Waals surface area contributed by atoms with E-state index in [1.54, 1.807) is 0 Å². The fraction of sp³-hybridized carbons (Fsp3) is 0.320. The molecule has 164 valence electrons. The molecule has 1 atom stereocenters. The van der Waals surface area contributed by atoms with E-state index < -0.39 is 0 Å². The van der Waals surface area contributed by atoms with Crippen molar-refractivity contribution in [1.82, 2.24) is 24.5 Å². The number of ether oxygens (including phenoxy) is 1. The molecule has 0 radical (unpaired) electrons. The summed E-state index contributed by atoms with van der Waals surface area (Å²) in [7, 11) is 1.97. The van der Waals surface area contributed by atoms with E-state index >= 15 is 0 Å². The number of fused-ring (bicyclic) bond motifs is 7. The molecular weight excluding hydrogens is 400 g/mol. The van der Waals surface area contributed by atoms with Crippen molar-refractivity contribution >= 4 is 5.82 Å². The summed E-state index contributed by atoms with van der Waals surface area (Å²) >= 11 is 0. The molecule has 7 nitrogen and oxygen atoms in total. The second-order valence-electron chi connectivity index (χ2n) is 8.54. The monoisotopic (exact) mass is 428 g/mol. The number of pyridine rings is 1. The van der Waals surface area contributed by atoms with Crippen molar-refractivity contribution in [3.05, 3.63) is 64.6 Å². The Hall–Kier alpha value is -3.61. The zero-order valence-corrected chi connectivity index (χ0v) is 19.2. The van der Waals surface area contributed by atoms with Gasteiger partial charge in [-0.05, 0) is 33.8 Å². The Morgan fingerprint density at radius 1 is 1.19 bits per heavy atom. The zero-order valence-electron chi connectivity index (χ0n) is 19.2. The maximum absolute atomic E-state index is 6.41. The third kappa shape index (κ3) is 3.25. The predicted molar refractivity (Wildman–Crippen MR) is 126 cm³/mol. The van der Waals surface area contributed by atoms with Gasteiger partial charge in [-0.15, -0.1) is 0 Å². The molecule has 0 aliphatic carbocycles. The Bertz CT molecular complexity index is 1330. The minimum absolute atomic E-state index is 0.226. The van der Waals surface area contributed by atoms with E-state index in [0.717, 1.165) is 52.3 Å². The zero-order chi connectivity index (χ0) is 22.6. The predicted octanol–water partition coefficient (Wildman–Crippen LogP) is 4.61. The average molecular weight is 429 g/mol. The average Bonchev–Trinajstić information content (AvgIpc) is 3.28. The number of nitrogen functional groups attached to an aromatic ring is 1. The van der Waals surface area contributed by atoms with Crippen LogP contribution in [0.1, 0.15) is 47.9 Å². The van der Waals surface area contributed by atoms with E-state index in [1.165, 1.54) is 11.1 Å². The summed E-state index contributed by atoms with van der Waals surface area (Å²) in [6.45, 7) is 9.06. The molecule has 2 N–H and O–H groups in total. The molecule has 4 heterocycles. The van der Waals surface area contributed by atoms with E-state index in [9.17, 15) is 0 Å². The molecule has 0 amide bonds. The van der Waals surface area contributed by atoms with E-state index in [2.05, 4.69) is 50.2 Å². The van der Waals surface area contributed by atoms with Gasteiger partial charge >= 0.3 is 0 Å². The molecule has 0 fully saturated rings. The highest BCUT2D eigenvalue weighted by Gasteiger charge is 2.25. The third-order valence-electron chi connectivity index (χ3n) is 6.18. The van der Waals surface area contributed by atoms with Gasteiger partial charge < -0.3 is 10.5 Å². The second kappa shape index (κ2) is 7.51. The highest BCUT2D eigenvalue weighted by atomic mass is 16.5. The lowest BCUT2D eigenvalue weighted by atomic mass is 9.93. The van der Waals surface area contributed by atoms with Crippen molar-refractivity contribution in [3.63, 3.8) is 0 Å². The normalized spacial score (nSPS) is 15.1. The molecule has 0 saturated carbocycles. The SMILES string of the molecule is CCn1nc(C)c2c1-c1cnc(N)c(c1)OC(C)c1cc(C)ccc1-c1nn(C)cc1C2. The smallest absolute Gasteiger partial charge is 0.166 e. The lowest BCUT2D eigenvalue weighted by molar-refractivity contribution is 0.228. The van der Waals surface area contributed by atoms with Crippen LogP contribution in [0.5, 0.6) is 5.75 Å². The van der Waals surface area contributed by atoms with Crippen LogP contribution < -0.4 is 10.5 Å². The number of anilines is 1. The summed E-state index contributed by atoms with van der Waals surface area (Å²) in [6, 6.07) is 8.43. The second-order valence-corrected chi connectivity index (χ2v) is 8.54. The number of rotatable bonds is 1. The topological polar surface area (TPSA) is 83.8 Å². The van der Waals surface area contributed by atoms with Crippen molar-refractivity contribution < 1.29 is 4.74 Å². The molecule has 5 rings (SSSR count). The Labute approximate surface area is 187 Å². The molecule has 3 aromatic heterocycles.